The molecule has 37 heavy (non-hydrogen) atoms. The molecule has 0 saturated carbocycles. The number of sulfonamides is 1. The summed E-state index contributed by atoms with van der Waals surface area (Å²) in [7, 11) is -3.58. The molecule has 0 saturated heterocycles. The Morgan fingerprint density at radius 1 is 1.05 bits per heavy atom. The molecule has 1 unspecified atom stereocenters. The molecule has 0 fully saturated rings. The Labute approximate surface area is 215 Å². The minimum Gasteiger partial charge on any atom is -0.506 e. The first-order valence-electron chi connectivity index (χ1n) is 11.4. The molecule has 0 spiro atoms. The highest BCUT2D eigenvalue weighted by molar-refractivity contribution is 7.92. The van der Waals surface area contributed by atoms with Crippen molar-refractivity contribution in [3.05, 3.63) is 71.9 Å². The third-order valence-corrected chi connectivity index (χ3v) is 5.80. The Bertz CT molecular complexity index is 1260. The van der Waals surface area contributed by atoms with Gasteiger partial charge in [-0.15, -0.1) is 0 Å². The summed E-state index contributed by atoms with van der Waals surface area (Å²) in [5.74, 6) is 0.902. The first kappa shape index (κ1) is 28.2. The van der Waals surface area contributed by atoms with E-state index in [1.165, 1.54) is 18.2 Å². The summed E-state index contributed by atoms with van der Waals surface area (Å²) < 4.78 is 36.2. The lowest BCUT2D eigenvalue weighted by atomic mass is 10.1. The Morgan fingerprint density at radius 3 is 2.46 bits per heavy atom. The van der Waals surface area contributed by atoms with Crippen molar-refractivity contribution in [2.45, 2.75) is 25.2 Å². The van der Waals surface area contributed by atoms with Gasteiger partial charge in [-0.1, -0.05) is 12.1 Å². The zero-order chi connectivity index (χ0) is 26.8. The van der Waals surface area contributed by atoms with Gasteiger partial charge in [0.2, 0.25) is 15.9 Å². The molecule has 0 aliphatic rings. The number of phenolic OH excluding ortho intramolecular Hbond substituents is 1. The van der Waals surface area contributed by atoms with Gasteiger partial charge in [-0.2, -0.15) is 0 Å². The van der Waals surface area contributed by atoms with Crippen LogP contribution in [-0.4, -0.2) is 72.0 Å². The van der Waals surface area contributed by atoms with E-state index in [0.29, 0.717) is 23.6 Å². The van der Waals surface area contributed by atoms with Crippen LogP contribution in [0.4, 0.5) is 5.69 Å². The van der Waals surface area contributed by atoms with Gasteiger partial charge in [0.25, 0.3) is 0 Å². The fourth-order valence-electron chi connectivity index (χ4n) is 3.37. The van der Waals surface area contributed by atoms with Crippen molar-refractivity contribution in [2.24, 2.45) is 0 Å². The fraction of sp³-hybridized carbons (Fsp3) is 0.320. The molecule has 2 aromatic carbocycles. The summed E-state index contributed by atoms with van der Waals surface area (Å²) in [4.78, 5) is 4.13. The maximum Gasteiger partial charge on any atom is 0.229 e. The molecule has 0 bridgehead atoms. The maximum atomic E-state index is 11.4. The molecule has 0 amide bonds. The summed E-state index contributed by atoms with van der Waals surface area (Å²) >= 11 is 0. The van der Waals surface area contributed by atoms with Crippen LogP contribution in [0, 0.1) is 0 Å². The van der Waals surface area contributed by atoms with Gasteiger partial charge in [0.15, 0.2) is 0 Å². The smallest absolute Gasteiger partial charge is 0.229 e. The highest BCUT2D eigenvalue weighted by Crippen LogP contribution is 2.29. The maximum absolute atomic E-state index is 11.4. The van der Waals surface area contributed by atoms with E-state index in [2.05, 4.69) is 15.0 Å². The second kappa shape index (κ2) is 13.2. The van der Waals surface area contributed by atoms with E-state index >= 15 is 0 Å². The molecular weight excluding hydrogens is 502 g/mol. The second-order valence-electron chi connectivity index (χ2n) is 8.38. The molecule has 0 aliphatic carbocycles. The predicted molar refractivity (Wildman–Crippen MR) is 137 cm³/mol. The van der Waals surface area contributed by atoms with Crippen molar-refractivity contribution in [1.82, 2.24) is 10.3 Å². The third kappa shape index (κ3) is 9.19. The lowest BCUT2D eigenvalue weighted by Gasteiger charge is -2.20. The zero-order valence-electron chi connectivity index (χ0n) is 20.2. The summed E-state index contributed by atoms with van der Waals surface area (Å²) in [6.07, 6.45) is 2.13. The van der Waals surface area contributed by atoms with Crippen molar-refractivity contribution >= 4 is 15.7 Å². The van der Waals surface area contributed by atoms with Gasteiger partial charge in [0.1, 0.15) is 30.0 Å². The number of hydrogen-bond donors (Lipinski definition) is 6. The number of hydrogen-bond acceptors (Lipinski definition) is 10. The summed E-state index contributed by atoms with van der Waals surface area (Å²) in [5, 5.41) is 42.3. The zero-order valence-corrected chi connectivity index (χ0v) is 21.1. The minimum absolute atomic E-state index is 0.0294. The lowest BCUT2D eigenvalue weighted by Crippen LogP contribution is -2.41. The van der Waals surface area contributed by atoms with E-state index in [9.17, 15) is 28.8 Å². The second-order valence-corrected chi connectivity index (χ2v) is 10.1. The summed E-state index contributed by atoms with van der Waals surface area (Å²) in [6.45, 7) is -0.289. The average molecular weight is 534 g/mol. The number of pyridine rings is 1. The Morgan fingerprint density at radius 2 is 1.78 bits per heavy atom. The van der Waals surface area contributed by atoms with Gasteiger partial charge < -0.3 is 35.2 Å². The highest BCUT2D eigenvalue weighted by atomic mass is 32.2. The number of nitrogens with zero attached hydrogens (tertiary/aromatic N) is 1. The highest BCUT2D eigenvalue weighted by Gasteiger charge is 2.14. The van der Waals surface area contributed by atoms with Crippen molar-refractivity contribution in [1.29, 1.82) is 0 Å². The lowest BCUT2D eigenvalue weighted by molar-refractivity contribution is 0.0997. The molecule has 3 rings (SSSR count). The number of aromatic hydroxyl groups is 1. The van der Waals surface area contributed by atoms with Crippen LogP contribution >= 0.6 is 0 Å². The molecule has 200 valence electrons. The number of nitrogens with one attached hydrogen (secondary N) is 2. The predicted octanol–water partition coefficient (Wildman–Crippen LogP) is 1.38. The van der Waals surface area contributed by atoms with Crippen LogP contribution in [-0.2, 0) is 23.1 Å². The van der Waals surface area contributed by atoms with E-state index in [0.717, 1.165) is 11.8 Å². The number of benzene rings is 2. The molecule has 1 aromatic heterocycles. The van der Waals surface area contributed by atoms with Gasteiger partial charge in [-0.25, -0.2) is 13.4 Å². The first-order valence-corrected chi connectivity index (χ1v) is 13.3. The van der Waals surface area contributed by atoms with Gasteiger partial charge >= 0.3 is 0 Å². The van der Waals surface area contributed by atoms with Crippen molar-refractivity contribution in [3.63, 3.8) is 0 Å². The molecule has 2 atom stereocenters. The van der Waals surface area contributed by atoms with Crippen molar-refractivity contribution in [2.75, 3.05) is 30.7 Å². The number of phenols is 1. The number of aromatic nitrogens is 1. The molecule has 0 radical (unpaired) electrons. The van der Waals surface area contributed by atoms with Gasteiger partial charge in [-0.05, 0) is 48.4 Å². The largest absolute Gasteiger partial charge is 0.506 e. The van der Waals surface area contributed by atoms with Crippen LogP contribution < -0.4 is 19.5 Å². The molecule has 1 heterocycles. The Hall–Kier alpha value is -3.42. The normalized spacial score (nSPS) is 13.1. The minimum atomic E-state index is -3.58. The summed E-state index contributed by atoms with van der Waals surface area (Å²) in [6, 6.07) is 14.4. The number of anilines is 1. The standard InChI is InChI=1S/C25H31N3O8S/c1-37(33,34)28-23-12-22(8-9-24(23)32)35-16-20(31)13-27-19(15-30)11-17-4-6-21(7-5-17)36-25-18(14-29)3-2-10-26-25/h2-10,12,19-20,27-32H,11,13-16H2,1H3/t19?,20-/m0/s1. The van der Waals surface area contributed by atoms with E-state index in [1.54, 1.807) is 30.5 Å². The number of ether oxygens (including phenoxy) is 2. The molecule has 11 nitrogen and oxygen atoms in total. The van der Waals surface area contributed by atoms with Crippen LogP contribution in [0.1, 0.15) is 11.1 Å². The van der Waals surface area contributed by atoms with Crippen molar-refractivity contribution < 1.29 is 38.3 Å². The molecular formula is C25H31N3O8S. The SMILES string of the molecule is CS(=O)(=O)Nc1cc(OC[C@@H](O)CNC(CO)Cc2ccc(Oc3ncccc3CO)cc2)ccc1O. The van der Waals surface area contributed by atoms with Crippen LogP contribution in [0.15, 0.2) is 60.8 Å². The molecule has 6 N–H and O–H groups in total. The number of aliphatic hydroxyl groups is 3. The van der Waals surface area contributed by atoms with Gasteiger partial charge in [0, 0.05) is 30.4 Å². The van der Waals surface area contributed by atoms with E-state index in [-0.39, 0.29) is 49.6 Å². The van der Waals surface area contributed by atoms with Crippen LogP contribution in [0.3, 0.4) is 0 Å². The van der Waals surface area contributed by atoms with Crippen LogP contribution in [0.25, 0.3) is 0 Å². The fourth-order valence-corrected chi connectivity index (χ4v) is 3.93. The summed E-state index contributed by atoms with van der Waals surface area (Å²) in [5.41, 5.74) is 1.48. The quantitative estimate of drug-likeness (QED) is 0.166. The average Bonchev–Trinajstić information content (AvgIpc) is 2.87. The topological polar surface area (TPSA) is 170 Å². The van der Waals surface area contributed by atoms with E-state index in [4.69, 9.17) is 9.47 Å². The molecule has 3 aromatic rings. The van der Waals surface area contributed by atoms with Gasteiger partial charge in [-0.3, -0.25) is 4.72 Å². The number of rotatable bonds is 14. The monoisotopic (exact) mass is 533 g/mol. The first-order chi connectivity index (χ1) is 17.7. The third-order valence-electron chi connectivity index (χ3n) is 5.21. The van der Waals surface area contributed by atoms with E-state index < -0.39 is 16.1 Å². The van der Waals surface area contributed by atoms with Crippen LogP contribution in [0.5, 0.6) is 23.1 Å². The van der Waals surface area contributed by atoms with Crippen molar-refractivity contribution in [3.8, 4) is 23.1 Å². The van der Waals surface area contributed by atoms with Crippen LogP contribution in [0.2, 0.25) is 0 Å². The molecule has 12 heteroatoms. The van der Waals surface area contributed by atoms with E-state index in [1.807, 2.05) is 12.1 Å². The Balaban J connectivity index is 1.47. The Kier molecular flexibility index (Phi) is 10.1. The molecule has 0 aliphatic heterocycles. The number of aliphatic hydroxyl groups excluding tert-OH is 3. The van der Waals surface area contributed by atoms with Gasteiger partial charge in [0.05, 0.1) is 25.2 Å².